The molecule has 27 heavy (non-hydrogen) atoms. The Kier molecular flexibility index (Phi) is 4.58. The average molecular weight is 369 g/mol. The number of hydroxylamine groups is 2. The summed E-state index contributed by atoms with van der Waals surface area (Å²) in [5, 5.41) is 12.2. The number of phenolic OH excluding ortho intramolecular Hbond substituents is 1. The zero-order valence-corrected chi connectivity index (χ0v) is 14.9. The number of fused-ring (bicyclic) bond motifs is 1. The molecule has 0 saturated carbocycles. The van der Waals surface area contributed by atoms with Crippen molar-refractivity contribution in [1.29, 1.82) is 0 Å². The lowest BCUT2D eigenvalue weighted by Gasteiger charge is -2.33. The normalized spacial score (nSPS) is 17.9. The van der Waals surface area contributed by atoms with Gasteiger partial charge in [0.25, 0.3) is 0 Å². The van der Waals surface area contributed by atoms with E-state index >= 15 is 0 Å². The number of aromatic hydroxyl groups is 1. The van der Waals surface area contributed by atoms with E-state index in [2.05, 4.69) is 6.92 Å². The van der Waals surface area contributed by atoms with Crippen LogP contribution in [0.5, 0.6) is 11.5 Å². The fourth-order valence-electron chi connectivity index (χ4n) is 3.45. The summed E-state index contributed by atoms with van der Waals surface area (Å²) >= 11 is 0. The topological polar surface area (TPSA) is 62.9 Å². The molecule has 1 aliphatic rings. The van der Waals surface area contributed by atoms with Crippen molar-refractivity contribution in [1.82, 2.24) is 5.06 Å². The van der Waals surface area contributed by atoms with Gasteiger partial charge in [-0.05, 0) is 49.6 Å². The first-order valence-electron chi connectivity index (χ1n) is 9.03. The van der Waals surface area contributed by atoms with E-state index in [9.17, 15) is 14.3 Å². The molecule has 1 aliphatic heterocycles. The predicted octanol–water partition coefficient (Wildman–Crippen LogP) is 4.47. The zero-order chi connectivity index (χ0) is 19.0. The third-order valence-electron chi connectivity index (χ3n) is 4.93. The number of hydrogen-bond donors (Lipinski definition) is 1. The van der Waals surface area contributed by atoms with Crippen LogP contribution in [0, 0.1) is 5.82 Å². The average Bonchev–Trinajstić information content (AvgIpc) is 2.64. The molecule has 0 bridgehead atoms. The highest BCUT2D eigenvalue weighted by Crippen LogP contribution is 2.37. The molecule has 140 valence electrons. The molecule has 4 rings (SSSR count). The Morgan fingerprint density at radius 1 is 1.19 bits per heavy atom. The molecular weight excluding hydrogens is 349 g/mol. The minimum atomic E-state index is -0.598. The summed E-state index contributed by atoms with van der Waals surface area (Å²) in [6.45, 7) is 2.83. The van der Waals surface area contributed by atoms with Crippen LogP contribution < -0.4 is 10.5 Å². The number of piperidine rings is 1. The summed E-state index contributed by atoms with van der Waals surface area (Å²) in [5.74, 6) is -0.0277. The van der Waals surface area contributed by atoms with Crippen molar-refractivity contribution in [3.05, 3.63) is 58.7 Å². The van der Waals surface area contributed by atoms with Crippen LogP contribution in [0.4, 0.5) is 4.39 Å². The monoisotopic (exact) mass is 369 g/mol. The molecule has 1 atom stereocenters. The van der Waals surface area contributed by atoms with Crippen LogP contribution in [0.2, 0.25) is 0 Å². The lowest BCUT2D eigenvalue weighted by atomic mass is 10.0. The SMILES string of the molecule is CC1CCCCN1Oc1c(-c2ccc(F)cc2)c(=O)oc2cc(O)ccc12. The van der Waals surface area contributed by atoms with Gasteiger partial charge in [-0.3, -0.25) is 0 Å². The van der Waals surface area contributed by atoms with E-state index in [0.717, 1.165) is 25.8 Å². The number of phenols is 1. The Morgan fingerprint density at radius 3 is 2.70 bits per heavy atom. The lowest BCUT2D eigenvalue weighted by Crippen LogP contribution is -2.40. The summed E-state index contributed by atoms with van der Waals surface area (Å²) in [7, 11) is 0. The van der Waals surface area contributed by atoms with E-state index < -0.39 is 5.63 Å². The van der Waals surface area contributed by atoms with Gasteiger partial charge in [0.05, 0.1) is 5.39 Å². The molecule has 0 spiro atoms. The second-order valence-electron chi connectivity index (χ2n) is 6.86. The maximum absolute atomic E-state index is 13.4. The van der Waals surface area contributed by atoms with Gasteiger partial charge in [-0.1, -0.05) is 18.6 Å². The maximum Gasteiger partial charge on any atom is 0.348 e. The van der Waals surface area contributed by atoms with Crippen molar-refractivity contribution in [2.45, 2.75) is 32.2 Å². The van der Waals surface area contributed by atoms with Gasteiger partial charge >= 0.3 is 5.63 Å². The van der Waals surface area contributed by atoms with Gasteiger partial charge < -0.3 is 14.4 Å². The second kappa shape index (κ2) is 7.04. The third kappa shape index (κ3) is 3.40. The highest BCUT2D eigenvalue weighted by Gasteiger charge is 2.25. The van der Waals surface area contributed by atoms with Gasteiger partial charge in [0.1, 0.15) is 22.7 Å². The minimum absolute atomic E-state index is 0.00234. The van der Waals surface area contributed by atoms with Crippen molar-refractivity contribution >= 4 is 11.0 Å². The van der Waals surface area contributed by atoms with Crippen molar-refractivity contribution in [3.8, 4) is 22.6 Å². The van der Waals surface area contributed by atoms with Crippen molar-refractivity contribution in [2.75, 3.05) is 6.54 Å². The molecule has 0 aliphatic carbocycles. The molecule has 0 amide bonds. The molecule has 0 radical (unpaired) electrons. The van der Waals surface area contributed by atoms with Gasteiger partial charge in [0.2, 0.25) is 0 Å². The number of halogens is 1. The zero-order valence-electron chi connectivity index (χ0n) is 14.9. The Hall–Kier alpha value is -2.86. The van der Waals surface area contributed by atoms with Gasteiger partial charge in [-0.15, -0.1) is 5.06 Å². The molecular formula is C21H20FNO4. The largest absolute Gasteiger partial charge is 0.508 e. The fourth-order valence-corrected chi connectivity index (χ4v) is 3.45. The lowest BCUT2D eigenvalue weighted by molar-refractivity contribution is -0.105. The quantitative estimate of drug-likeness (QED) is 0.690. The number of hydrogen-bond acceptors (Lipinski definition) is 5. The van der Waals surface area contributed by atoms with Crippen LogP contribution >= 0.6 is 0 Å². The molecule has 6 heteroatoms. The van der Waals surface area contributed by atoms with Crippen molar-refractivity contribution < 1.29 is 18.8 Å². The van der Waals surface area contributed by atoms with Crippen molar-refractivity contribution in [2.24, 2.45) is 0 Å². The number of nitrogens with zero attached hydrogens (tertiary/aromatic N) is 1. The standard InChI is InChI=1S/C21H20FNO4/c1-13-4-2-3-11-23(13)27-20-17-10-9-16(24)12-18(17)26-21(25)19(20)14-5-7-15(22)8-6-14/h5-10,12-13,24H,2-4,11H2,1H3. The molecule has 1 fully saturated rings. The molecule has 1 aromatic heterocycles. The third-order valence-corrected chi connectivity index (χ3v) is 4.93. The maximum atomic E-state index is 13.4. The van der Waals surface area contributed by atoms with Crippen LogP contribution in [-0.4, -0.2) is 22.8 Å². The Labute approximate surface area is 155 Å². The van der Waals surface area contributed by atoms with E-state index in [1.54, 1.807) is 6.07 Å². The van der Waals surface area contributed by atoms with E-state index in [1.165, 1.54) is 36.4 Å². The van der Waals surface area contributed by atoms with Gasteiger partial charge in [0, 0.05) is 18.7 Å². The number of rotatable bonds is 3. The molecule has 3 aromatic rings. The van der Waals surface area contributed by atoms with Gasteiger partial charge in [-0.25, -0.2) is 9.18 Å². The minimum Gasteiger partial charge on any atom is -0.508 e. The summed E-state index contributed by atoms with van der Waals surface area (Å²) in [4.78, 5) is 18.9. The molecule has 5 nitrogen and oxygen atoms in total. The molecule has 1 unspecified atom stereocenters. The van der Waals surface area contributed by atoms with E-state index in [-0.39, 0.29) is 28.8 Å². The predicted molar refractivity (Wildman–Crippen MR) is 100 cm³/mol. The summed E-state index contributed by atoms with van der Waals surface area (Å²) in [5.41, 5.74) is 0.399. The van der Waals surface area contributed by atoms with Crippen LogP contribution in [0.15, 0.2) is 51.7 Å². The smallest absolute Gasteiger partial charge is 0.348 e. The van der Waals surface area contributed by atoms with E-state index in [1.807, 2.05) is 5.06 Å². The summed E-state index contributed by atoms with van der Waals surface area (Å²) < 4.78 is 18.8. The Balaban J connectivity index is 1.92. The van der Waals surface area contributed by atoms with Gasteiger partial charge in [-0.2, -0.15) is 0 Å². The number of benzene rings is 2. The Morgan fingerprint density at radius 2 is 1.96 bits per heavy atom. The highest BCUT2D eigenvalue weighted by atomic mass is 19.1. The molecule has 1 saturated heterocycles. The molecule has 1 N–H and O–H groups in total. The first-order chi connectivity index (χ1) is 13.0. The van der Waals surface area contributed by atoms with E-state index in [0.29, 0.717) is 16.7 Å². The second-order valence-corrected chi connectivity index (χ2v) is 6.86. The first-order valence-corrected chi connectivity index (χ1v) is 9.03. The summed E-state index contributed by atoms with van der Waals surface area (Å²) in [6, 6.07) is 10.4. The van der Waals surface area contributed by atoms with Crippen LogP contribution in [-0.2, 0) is 0 Å². The molecule has 2 aromatic carbocycles. The summed E-state index contributed by atoms with van der Waals surface area (Å²) in [6.07, 6.45) is 3.15. The molecule has 2 heterocycles. The van der Waals surface area contributed by atoms with Crippen molar-refractivity contribution in [3.63, 3.8) is 0 Å². The van der Waals surface area contributed by atoms with Crippen LogP contribution in [0.1, 0.15) is 26.2 Å². The van der Waals surface area contributed by atoms with E-state index in [4.69, 9.17) is 9.25 Å². The van der Waals surface area contributed by atoms with Gasteiger partial charge in [0.15, 0.2) is 5.75 Å². The van der Waals surface area contributed by atoms with Crippen LogP contribution in [0.3, 0.4) is 0 Å². The first kappa shape index (κ1) is 17.5. The fraction of sp³-hybridized carbons (Fsp3) is 0.286. The van der Waals surface area contributed by atoms with Crippen LogP contribution in [0.25, 0.3) is 22.1 Å². The Bertz CT molecular complexity index is 1030. The highest BCUT2D eigenvalue weighted by molar-refractivity contribution is 5.91.